The Morgan fingerprint density at radius 2 is 1.34 bits per heavy atom. The van der Waals surface area contributed by atoms with E-state index in [2.05, 4.69) is 48.0 Å². The molecule has 1 fully saturated rings. The minimum absolute atomic E-state index is 0.00251. The third-order valence-electron chi connectivity index (χ3n) is 6.73. The Labute approximate surface area is 254 Å². The van der Waals surface area contributed by atoms with Gasteiger partial charge in [-0.05, 0) is 86.6 Å². The van der Waals surface area contributed by atoms with Gasteiger partial charge in [-0.3, -0.25) is 19.4 Å². The second-order valence-corrected chi connectivity index (χ2v) is 11.1. The molecule has 0 atom stereocenters. The average Bonchev–Trinajstić information content (AvgIpc) is 2.94. The first-order chi connectivity index (χ1) is 19.8. The van der Waals surface area contributed by atoms with E-state index in [4.69, 9.17) is 17.0 Å². The standard InChI is InChI=1S/C34H29BrN2O3S/c1-4-40-31-21-25(20-30(35)28(31)18-24-16-22(2)15-23(3)17-24)19-29-32(38)36(26-11-7-5-8-12-26)34(41)37(33(29)39)27-13-9-6-10-14-27/h5-17,19-21H,4,18H2,1-3H3. The summed E-state index contributed by atoms with van der Waals surface area (Å²) in [5.74, 6) is -0.266. The van der Waals surface area contributed by atoms with E-state index in [1.165, 1.54) is 26.5 Å². The van der Waals surface area contributed by atoms with Gasteiger partial charge in [-0.2, -0.15) is 0 Å². The third-order valence-corrected chi connectivity index (χ3v) is 7.80. The lowest BCUT2D eigenvalue weighted by molar-refractivity contribution is -0.120. The average molecular weight is 626 g/mol. The minimum atomic E-state index is -0.480. The van der Waals surface area contributed by atoms with Gasteiger partial charge in [0.05, 0.1) is 18.0 Å². The number of thiocarbonyl (C=S) groups is 1. The van der Waals surface area contributed by atoms with E-state index in [1.54, 1.807) is 30.3 Å². The van der Waals surface area contributed by atoms with E-state index < -0.39 is 11.8 Å². The van der Waals surface area contributed by atoms with Crippen LogP contribution in [0.15, 0.2) is 101 Å². The second kappa shape index (κ2) is 12.2. The number of rotatable bonds is 7. The molecule has 206 valence electrons. The summed E-state index contributed by atoms with van der Waals surface area (Å²) in [6.07, 6.45) is 2.29. The maximum absolute atomic E-state index is 13.9. The Hall–Kier alpha value is -4.07. The lowest BCUT2D eigenvalue weighted by atomic mass is 9.98. The topological polar surface area (TPSA) is 49.9 Å². The Kier molecular flexibility index (Phi) is 8.47. The summed E-state index contributed by atoms with van der Waals surface area (Å²) < 4.78 is 6.90. The number of aryl methyl sites for hydroxylation is 2. The first-order valence-corrected chi connectivity index (χ1v) is 14.5. The number of carbonyl (C=O) groups excluding carboxylic acids is 2. The van der Waals surface area contributed by atoms with E-state index in [1.807, 2.05) is 55.5 Å². The highest BCUT2D eigenvalue weighted by Gasteiger charge is 2.41. The van der Waals surface area contributed by atoms with Crippen LogP contribution in [-0.2, 0) is 16.0 Å². The summed E-state index contributed by atoms with van der Waals surface area (Å²) in [5, 5.41) is 0.106. The SMILES string of the molecule is CCOc1cc(C=C2C(=O)N(c3ccccc3)C(=S)N(c3ccccc3)C2=O)cc(Br)c1Cc1cc(C)cc(C)c1. The van der Waals surface area contributed by atoms with Crippen molar-refractivity contribution in [3.8, 4) is 5.75 Å². The molecular formula is C34H29BrN2O3S. The Bertz CT molecular complexity index is 1580. The van der Waals surface area contributed by atoms with Crippen molar-refractivity contribution >= 4 is 62.5 Å². The van der Waals surface area contributed by atoms with Gasteiger partial charge in [-0.15, -0.1) is 0 Å². The van der Waals surface area contributed by atoms with Crippen molar-refractivity contribution in [1.82, 2.24) is 0 Å². The maximum Gasteiger partial charge on any atom is 0.270 e. The van der Waals surface area contributed by atoms with Crippen molar-refractivity contribution in [1.29, 1.82) is 0 Å². The molecule has 0 radical (unpaired) electrons. The minimum Gasteiger partial charge on any atom is -0.494 e. The van der Waals surface area contributed by atoms with Crippen molar-refractivity contribution in [3.63, 3.8) is 0 Å². The van der Waals surface area contributed by atoms with Gasteiger partial charge in [0.1, 0.15) is 11.3 Å². The summed E-state index contributed by atoms with van der Waals surface area (Å²) in [4.78, 5) is 30.6. The van der Waals surface area contributed by atoms with Crippen LogP contribution in [0.5, 0.6) is 5.75 Å². The van der Waals surface area contributed by atoms with Crippen LogP contribution in [0.2, 0.25) is 0 Å². The molecule has 0 bridgehead atoms. The van der Waals surface area contributed by atoms with E-state index >= 15 is 0 Å². The molecule has 0 N–H and O–H groups in total. The number of carbonyl (C=O) groups is 2. The fraction of sp³-hybridized carbons (Fsp3) is 0.147. The van der Waals surface area contributed by atoms with Gasteiger partial charge >= 0.3 is 0 Å². The van der Waals surface area contributed by atoms with Crippen LogP contribution in [0.25, 0.3) is 6.08 Å². The zero-order valence-corrected chi connectivity index (χ0v) is 25.5. The van der Waals surface area contributed by atoms with E-state index in [9.17, 15) is 9.59 Å². The molecule has 0 spiro atoms. The molecule has 0 aromatic heterocycles. The van der Waals surface area contributed by atoms with Crippen LogP contribution in [0.1, 0.15) is 34.7 Å². The molecule has 1 heterocycles. The number of anilines is 2. The fourth-order valence-corrected chi connectivity index (χ4v) is 6.03. The Morgan fingerprint density at radius 3 is 1.85 bits per heavy atom. The summed E-state index contributed by atoms with van der Waals surface area (Å²) in [7, 11) is 0. The highest BCUT2D eigenvalue weighted by molar-refractivity contribution is 9.10. The first-order valence-electron chi connectivity index (χ1n) is 13.3. The number of halogens is 1. The zero-order valence-electron chi connectivity index (χ0n) is 23.1. The molecular weight excluding hydrogens is 596 g/mol. The number of benzene rings is 4. The molecule has 2 amide bonds. The van der Waals surface area contributed by atoms with Gasteiger partial charge < -0.3 is 4.74 Å². The van der Waals surface area contributed by atoms with Gasteiger partial charge in [0.15, 0.2) is 5.11 Å². The molecule has 0 saturated carbocycles. The van der Waals surface area contributed by atoms with E-state index in [-0.39, 0.29) is 10.7 Å². The second-order valence-electron chi connectivity index (χ2n) is 9.88. The molecule has 4 aromatic rings. The van der Waals surface area contributed by atoms with Crippen LogP contribution in [0.4, 0.5) is 11.4 Å². The van der Waals surface area contributed by atoms with Crippen LogP contribution >= 0.6 is 28.1 Å². The molecule has 7 heteroatoms. The van der Waals surface area contributed by atoms with Gasteiger partial charge in [0.2, 0.25) is 0 Å². The van der Waals surface area contributed by atoms with Crippen molar-refractivity contribution in [3.05, 3.63) is 129 Å². The molecule has 1 aliphatic heterocycles. The zero-order chi connectivity index (χ0) is 29.1. The van der Waals surface area contributed by atoms with Crippen LogP contribution in [-0.4, -0.2) is 23.5 Å². The number of amides is 2. The monoisotopic (exact) mass is 624 g/mol. The molecule has 5 nitrogen and oxygen atoms in total. The van der Waals surface area contributed by atoms with Crippen molar-refractivity contribution in [2.24, 2.45) is 0 Å². The smallest absolute Gasteiger partial charge is 0.270 e. The van der Waals surface area contributed by atoms with Crippen LogP contribution in [0, 0.1) is 13.8 Å². The lowest BCUT2D eigenvalue weighted by Gasteiger charge is -2.36. The van der Waals surface area contributed by atoms with Crippen molar-refractivity contribution < 1.29 is 14.3 Å². The first kappa shape index (κ1) is 28.5. The maximum atomic E-state index is 13.9. The van der Waals surface area contributed by atoms with Gasteiger partial charge in [0, 0.05) is 16.5 Å². The Morgan fingerprint density at radius 1 is 0.805 bits per heavy atom. The highest BCUT2D eigenvalue weighted by atomic mass is 79.9. The summed E-state index contributed by atoms with van der Waals surface area (Å²) in [6.45, 7) is 6.59. The normalized spacial score (nSPS) is 13.6. The molecule has 4 aromatic carbocycles. The number of ether oxygens (including phenoxy) is 1. The molecule has 0 aliphatic carbocycles. The van der Waals surface area contributed by atoms with Gasteiger partial charge in [-0.25, -0.2) is 0 Å². The molecule has 41 heavy (non-hydrogen) atoms. The number of hydrogen-bond acceptors (Lipinski definition) is 4. The predicted molar refractivity (Wildman–Crippen MR) is 172 cm³/mol. The fourth-order valence-electron chi connectivity index (χ4n) is 5.05. The van der Waals surface area contributed by atoms with Gasteiger partial charge in [-0.1, -0.05) is 81.7 Å². The summed E-state index contributed by atoms with van der Waals surface area (Å²) in [6, 6.07) is 28.5. The molecule has 5 rings (SSSR count). The van der Waals surface area contributed by atoms with Gasteiger partial charge in [0.25, 0.3) is 11.8 Å². The number of nitrogens with zero attached hydrogens (tertiary/aromatic N) is 2. The summed E-state index contributed by atoms with van der Waals surface area (Å²) in [5.41, 5.74) is 6.42. The molecule has 1 saturated heterocycles. The third kappa shape index (κ3) is 6.01. The summed E-state index contributed by atoms with van der Waals surface area (Å²) >= 11 is 9.46. The van der Waals surface area contributed by atoms with Crippen molar-refractivity contribution in [2.75, 3.05) is 16.4 Å². The number of hydrogen-bond donors (Lipinski definition) is 0. The van der Waals surface area contributed by atoms with Crippen LogP contribution in [0.3, 0.4) is 0 Å². The van der Waals surface area contributed by atoms with E-state index in [0.717, 1.165) is 10.0 Å². The quantitative estimate of drug-likeness (QED) is 0.120. The number of para-hydroxylation sites is 2. The lowest BCUT2D eigenvalue weighted by Crippen LogP contribution is -2.56. The molecule has 1 aliphatic rings. The van der Waals surface area contributed by atoms with Crippen LogP contribution < -0.4 is 14.5 Å². The van der Waals surface area contributed by atoms with E-state index in [0.29, 0.717) is 35.7 Å². The van der Waals surface area contributed by atoms with Crippen molar-refractivity contribution in [2.45, 2.75) is 27.2 Å². The predicted octanol–water partition coefficient (Wildman–Crippen LogP) is 7.80. The largest absolute Gasteiger partial charge is 0.494 e. The highest BCUT2D eigenvalue weighted by Crippen LogP contribution is 2.34. The Balaban J connectivity index is 1.60. The molecule has 0 unspecified atom stereocenters.